The van der Waals surface area contributed by atoms with E-state index in [1.54, 1.807) is 37.1 Å². The Bertz CT molecular complexity index is 921. The molecule has 24 heavy (non-hydrogen) atoms. The number of methoxy groups -OCH3 is 1. The second-order valence-electron chi connectivity index (χ2n) is 5.10. The SMILES string of the molecule is COc1cccc(S(=O)(=O)NCc2cncc(-c3ccoc3)c2)c1. The summed E-state index contributed by atoms with van der Waals surface area (Å²) in [5.74, 6) is 0.487. The molecule has 0 unspecified atom stereocenters. The van der Waals surface area contributed by atoms with Crippen LogP contribution in [0.25, 0.3) is 11.1 Å². The minimum Gasteiger partial charge on any atom is -0.497 e. The van der Waals surface area contributed by atoms with E-state index in [-0.39, 0.29) is 11.4 Å². The summed E-state index contributed by atoms with van der Waals surface area (Å²) in [6, 6.07) is 10.0. The zero-order valence-corrected chi connectivity index (χ0v) is 13.8. The van der Waals surface area contributed by atoms with E-state index in [0.717, 1.165) is 16.7 Å². The van der Waals surface area contributed by atoms with Crippen molar-refractivity contribution in [2.75, 3.05) is 7.11 Å². The average molecular weight is 344 g/mol. The van der Waals surface area contributed by atoms with Gasteiger partial charge < -0.3 is 9.15 Å². The van der Waals surface area contributed by atoms with Crippen LogP contribution < -0.4 is 9.46 Å². The van der Waals surface area contributed by atoms with Crippen LogP contribution in [0.1, 0.15) is 5.56 Å². The standard InChI is InChI=1S/C17H16N2O4S/c1-22-16-3-2-4-17(8-16)24(20,21)19-10-13-7-15(11-18-9-13)14-5-6-23-12-14/h2-9,11-12,19H,10H2,1H3. The highest BCUT2D eigenvalue weighted by atomic mass is 32.2. The summed E-state index contributed by atoms with van der Waals surface area (Å²) < 4.78 is 37.4. The number of aromatic nitrogens is 1. The van der Waals surface area contributed by atoms with Gasteiger partial charge in [0, 0.05) is 36.1 Å². The molecule has 7 heteroatoms. The third-order valence-electron chi connectivity index (χ3n) is 3.47. The monoisotopic (exact) mass is 344 g/mol. The van der Waals surface area contributed by atoms with Crippen molar-refractivity contribution in [3.05, 3.63) is 66.9 Å². The summed E-state index contributed by atoms with van der Waals surface area (Å²) in [6.07, 6.45) is 6.51. The molecule has 0 saturated carbocycles. The van der Waals surface area contributed by atoms with Crippen LogP contribution >= 0.6 is 0 Å². The lowest BCUT2D eigenvalue weighted by Crippen LogP contribution is -2.23. The minimum atomic E-state index is -3.63. The first-order chi connectivity index (χ1) is 11.6. The highest BCUT2D eigenvalue weighted by Gasteiger charge is 2.14. The van der Waals surface area contributed by atoms with Crippen molar-refractivity contribution >= 4 is 10.0 Å². The summed E-state index contributed by atoms with van der Waals surface area (Å²) >= 11 is 0. The number of nitrogens with zero attached hydrogens (tertiary/aromatic N) is 1. The fraction of sp³-hybridized carbons (Fsp3) is 0.118. The predicted molar refractivity (Wildman–Crippen MR) is 89.0 cm³/mol. The van der Waals surface area contributed by atoms with E-state index >= 15 is 0 Å². The van der Waals surface area contributed by atoms with E-state index in [4.69, 9.17) is 9.15 Å². The molecule has 0 atom stereocenters. The Hall–Kier alpha value is -2.64. The van der Waals surface area contributed by atoms with Crippen LogP contribution in [0.15, 0.2) is 70.6 Å². The molecule has 0 bridgehead atoms. The Morgan fingerprint density at radius 3 is 2.79 bits per heavy atom. The molecule has 0 spiro atoms. The van der Waals surface area contributed by atoms with Crippen LogP contribution in [0.3, 0.4) is 0 Å². The van der Waals surface area contributed by atoms with Crippen molar-refractivity contribution in [2.45, 2.75) is 11.4 Å². The first-order valence-electron chi connectivity index (χ1n) is 7.19. The molecule has 2 heterocycles. The number of hydrogen-bond donors (Lipinski definition) is 1. The second-order valence-corrected chi connectivity index (χ2v) is 6.86. The molecular formula is C17H16N2O4S. The fourth-order valence-electron chi connectivity index (χ4n) is 2.20. The van der Waals surface area contributed by atoms with Gasteiger partial charge >= 0.3 is 0 Å². The van der Waals surface area contributed by atoms with Gasteiger partial charge in [-0.25, -0.2) is 13.1 Å². The summed E-state index contributed by atoms with van der Waals surface area (Å²) in [5.41, 5.74) is 2.50. The maximum Gasteiger partial charge on any atom is 0.241 e. The maximum atomic E-state index is 12.4. The van der Waals surface area contributed by atoms with Gasteiger partial charge in [0.05, 0.1) is 24.5 Å². The van der Waals surface area contributed by atoms with Crippen LogP contribution in [0.2, 0.25) is 0 Å². The van der Waals surface area contributed by atoms with Crippen molar-refractivity contribution in [1.29, 1.82) is 0 Å². The molecule has 0 amide bonds. The molecule has 3 aromatic rings. The van der Waals surface area contributed by atoms with Crippen LogP contribution in [0.4, 0.5) is 0 Å². The molecule has 1 aromatic carbocycles. The Morgan fingerprint density at radius 2 is 2.04 bits per heavy atom. The van der Waals surface area contributed by atoms with Crippen molar-refractivity contribution in [2.24, 2.45) is 0 Å². The molecule has 0 fully saturated rings. The molecule has 1 N–H and O–H groups in total. The van der Waals surface area contributed by atoms with Gasteiger partial charge in [-0.05, 0) is 29.8 Å². The molecule has 124 valence electrons. The number of hydrogen-bond acceptors (Lipinski definition) is 5. The first kappa shape index (κ1) is 16.2. The lowest BCUT2D eigenvalue weighted by Gasteiger charge is -2.08. The molecule has 0 aliphatic carbocycles. The van der Waals surface area contributed by atoms with E-state index in [0.29, 0.717) is 5.75 Å². The molecule has 0 saturated heterocycles. The van der Waals surface area contributed by atoms with E-state index in [1.165, 1.54) is 19.2 Å². The number of furan rings is 1. The molecule has 0 aliphatic rings. The number of ether oxygens (including phenoxy) is 1. The number of sulfonamides is 1. The Morgan fingerprint density at radius 1 is 1.17 bits per heavy atom. The molecule has 2 aromatic heterocycles. The van der Waals surface area contributed by atoms with Gasteiger partial charge in [0.25, 0.3) is 0 Å². The van der Waals surface area contributed by atoms with Crippen LogP contribution in [0.5, 0.6) is 5.75 Å². The average Bonchev–Trinajstić information content (AvgIpc) is 3.15. The van der Waals surface area contributed by atoms with E-state index in [1.807, 2.05) is 12.1 Å². The molecule has 0 radical (unpaired) electrons. The van der Waals surface area contributed by atoms with Gasteiger partial charge in [0.1, 0.15) is 5.75 Å². The lowest BCUT2D eigenvalue weighted by atomic mass is 10.1. The normalized spacial score (nSPS) is 11.4. The van der Waals surface area contributed by atoms with Crippen molar-refractivity contribution in [3.63, 3.8) is 0 Å². The van der Waals surface area contributed by atoms with Gasteiger partial charge in [0.2, 0.25) is 10.0 Å². The topological polar surface area (TPSA) is 81.4 Å². The number of nitrogens with one attached hydrogen (secondary N) is 1. The largest absolute Gasteiger partial charge is 0.497 e. The van der Waals surface area contributed by atoms with E-state index in [9.17, 15) is 8.42 Å². The van der Waals surface area contributed by atoms with Gasteiger partial charge in [-0.1, -0.05) is 6.07 Å². The summed E-state index contributed by atoms with van der Waals surface area (Å²) in [7, 11) is -2.14. The predicted octanol–water partition coefficient (Wildman–Crippen LogP) is 2.83. The Labute approximate surface area is 140 Å². The van der Waals surface area contributed by atoms with Crippen molar-refractivity contribution in [1.82, 2.24) is 9.71 Å². The Kier molecular flexibility index (Phi) is 4.64. The minimum absolute atomic E-state index is 0.137. The second kappa shape index (κ2) is 6.86. The highest BCUT2D eigenvalue weighted by Crippen LogP contribution is 2.20. The zero-order valence-electron chi connectivity index (χ0n) is 13.0. The zero-order chi connectivity index (χ0) is 17.0. The third-order valence-corrected chi connectivity index (χ3v) is 4.87. The fourth-order valence-corrected chi connectivity index (χ4v) is 3.25. The third kappa shape index (κ3) is 3.64. The summed E-state index contributed by atoms with van der Waals surface area (Å²) in [6.45, 7) is 0.137. The first-order valence-corrected chi connectivity index (χ1v) is 8.67. The van der Waals surface area contributed by atoms with E-state index < -0.39 is 10.0 Å². The van der Waals surface area contributed by atoms with Gasteiger partial charge in [-0.3, -0.25) is 4.98 Å². The molecule has 0 aliphatic heterocycles. The lowest BCUT2D eigenvalue weighted by molar-refractivity contribution is 0.413. The summed E-state index contributed by atoms with van der Waals surface area (Å²) in [5, 5.41) is 0. The molecule has 3 rings (SSSR count). The Balaban J connectivity index is 1.76. The molecule has 6 nitrogen and oxygen atoms in total. The number of rotatable bonds is 6. The number of benzene rings is 1. The summed E-state index contributed by atoms with van der Waals surface area (Å²) in [4.78, 5) is 4.30. The number of pyridine rings is 1. The quantitative estimate of drug-likeness (QED) is 0.743. The van der Waals surface area contributed by atoms with Crippen molar-refractivity contribution < 1.29 is 17.6 Å². The van der Waals surface area contributed by atoms with Gasteiger partial charge in [0.15, 0.2) is 0 Å². The van der Waals surface area contributed by atoms with Crippen LogP contribution in [-0.4, -0.2) is 20.5 Å². The van der Waals surface area contributed by atoms with Gasteiger partial charge in [-0.2, -0.15) is 0 Å². The van der Waals surface area contributed by atoms with Crippen LogP contribution in [-0.2, 0) is 16.6 Å². The van der Waals surface area contributed by atoms with Crippen molar-refractivity contribution in [3.8, 4) is 16.9 Å². The maximum absolute atomic E-state index is 12.4. The van der Waals surface area contributed by atoms with Gasteiger partial charge in [-0.15, -0.1) is 0 Å². The smallest absolute Gasteiger partial charge is 0.241 e. The van der Waals surface area contributed by atoms with Crippen LogP contribution in [0, 0.1) is 0 Å². The molecular weight excluding hydrogens is 328 g/mol. The highest BCUT2D eigenvalue weighted by molar-refractivity contribution is 7.89. The van der Waals surface area contributed by atoms with E-state index in [2.05, 4.69) is 9.71 Å².